The van der Waals surface area contributed by atoms with Crippen molar-refractivity contribution in [3.05, 3.63) is 23.4 Å². The quantitative estimate of drug-likeness (QED) is 0.550. The van der Waals surface area contributed by atoms with E-state index in [9.17, 15) is 4.79 Å². The maximum absolute atomic E-state index is 11.8. The van der Waals surface area contributed by atoms with Gasteiger partial charge in [-0.3, -0.25) is 5.10 Å². The summed E-state index contributed by atoms with van der Waals surface area (Å²) in [4.78, 5) is 11.8. The minimum absolute atomic E-state index is 0.200. The smallest absolute Gasteiger partial charge is 0.315 e. The Kier molecular flexibility index (Phi) is 5.14. The lowest BCUT2D eigenvalue weighted by molar-refractivity contribution is 0.237. The van der Waals surface area contributed by atoms with Gasteiger partial charge in [0.15, 0.2) is 11.6 Å². The number of nitrogens with zero attached hydrogens (tertiary/aromatic N) is 5. The maximum atomic E-state index is 11.8. The van der Waals surface area contributed by atoms with Crippen molar-refractivity contribution in [2.45, 2.75) is 25.8 Å². The highest BCUT2D eigenvalue weighted by molar-refractivity contribution is 5.74. The van der Waals surface area contributed by atoms with E-state index in [0.717, 1.165) is 0 Å². The lowest BCUT2D eigenvalue weighted by Gasteiger charge is -2.13. The highest BCUT2D eigenvalue weighted by atomic mass is 16.2. The number of urea groups is 1. The molecule has 2 aromatic heterocycles. The number of H-pyrrole nitrogens is 1. The minimum atomic E-state index is -0.287. The molecule has 23 heavy (non-hydrogen) atoms. The highest BCUT2D eigenvalue weighted by Gasteiger charge is 2.14. The molecule has 0 aliphatic carbocycles. The average molecular weight is 317 g/mol. The van der Waals surface area contributed by atoms with Crippen LogP contribution in [0.3, 0.4) is 0 Å². The molecule has 0 unspecified atom stereocenters. The van der Waals surface area contributed by atoms with Crippen LogP contribution in [-0.4, -0.2) is 37.5 Å². The van der Waals surface area contributed by atoms with E-state index < -0.39 is 0 Å². The van der Waals surface area contributed by atoms with Gasteiger partial charge in [0.05, 0.1) is 11.7 Å². The number of rotatable bonds is 6. The second-order valence-electron chi connectivity index (χ2n) is 5.10. The van der Waals surface area contributed by atoms with Crippen LogP contribution < -0.4 is 16.4 Å². The van der Waals surface area contributed by atoms with Crippen LogP contribution in [-0.2, 0) is 13.5 Å². The molecule has 2 rings (SSSR count). The van der Waals surface area contributed by atoms with E-state index >= 15 is 0 Å². The molecule has 0 bridgehead atoms. The summed E-state index contributed by atoms with van der Waals surface area (Å²) in [7, 11) is 1.81. The fraction of sp³-hybridized carbons (Fsp3) is 0.462. The van der Waals surface area contributed by atoms with Crippen molar-refractivity contribution in [3.8, 4) is 6.07 Å². The van der Waals surface area contributed by atoms with Crippen LogP contribution in [0.5, 0.6) is 0 Å². The number of hydrogen-bond donors (Lipinski definition) is 4. The molecule has 10 heteroatoms. The molecular weight excluding hydrogens is 298 g/mol. The monoisotopic (exact) mass is 317 g/mol. The molecule has 0 fully saturated rings. The van der Waals surface area contributed by atoms with Crippen molar-refractivity contribution >= 4 is 11.8 Å². The number of aryl methyl sites for hydroxylation is 2. The van der Waals surface area contributed by atoms with Gasteiger partial charge < -0.3 is 20.9 Å². The third-order valence-corrected chi connectivity index (χ3v) is 3.35. The number of carbonyl (C=O) groups excluding carboxylic acids is 1. The Labute approximate surface area is 133 Å². The van der Waals surface area contributed by atoms with Crippen LogP contribution in [0, 0.1) is 11.3 Å². The Morgan fingerprint density at radius 3 is 3.04 bits per heavy atom. The Balaban J connectivity index is 1.73. The SMILES string of the molecule is C[C@@H](NC(=O)NCCCc1[nH]nc(N)c1C#N)c1nncn1C. The molecule has 10 nitrogen and oxygen atoms in total. The topological polar surface area (TPSA) is 150 Å². The molecule has 0 aliphatic rings. The van der Waals surface area contributed by atoms with E-state index in [4.69, 9.17) is 11.0 Å². The number of carbonyl (C=O) groups is 1. The summed E-state index contributed by atoms with van der Waals surface area (Å²) in [6.07, 6.45) is 2.81. The van der Waals surface area contributed by atoms with Gasteiger partial charge in [0.1, 0.15) is 18.0 Å². The molecule has 0 saturated heterocycles. The Morgan fingerprint density at radius 1 is 1.61 bits per heavy atom. The molecule has 1 atom stereocenters. The standard InChI is InChI=1S/C13H19N9O/c1-8(12-21-17-7-22(12)2)18-13(23)16-5-3-4-10-9(6-14)11(15)20-19-10/h7-8H,3-5H2,1-2H3,(H3,15,19,20)(H2,16,18,23)/t8-/m1/s1. The van der Waals surface area contributed by atoms with Gasteiger partial charge in [-0.25, -0.2) is 4.79 Å². The normalized spacial score (nSPS) is 11.7. The van der Waals surface area contributed by atoms with Gasteiger partial charge in [-0.1, -0.05) is 0 Å². The zero-order chi connectivity index (χ0) is 16.8. The van der Waals surface area contributed by atoms with Crippen LogP contribution in [0.15, 0.2) is 6.33 Å². The van der Waals surface area contributed by atoms with Crippen LogP contribution in [0.1, 0.15) is 36.5 Å². The van der Waals surface area contributed by atoms with Gasteiger partial charge in [-0.2, -0.15) is 10.4 Å². The van der Waals surface area contributed by atoms with E-state index in [1.54, 1.807) is 10.9 Å². The zero-order valence-corrected chi connectivity index (χ0v) is 13.0. The third kappa shape index (κ3) is 3.97. The number of hydrogen-bond acceptors (Lipinski definition) is 6. The zero-order valence-electron chi connectivity index (χ0n) is 13.0. The molecule has 2 amide bonds. The Morgan fingerprint density at radius 2 is 2.39 bits per heavy atom. The summed E-state index contributed by atoms with van der Waals surface area (Å²) in [5.74, 6) is 0.873. The first kappa shape index (κ1) is 16.3. The molecule has 0 aromatic carbocycles. The van der Waals surface area contributed by atoms with Crippen molar-refractivity contribution in [1.82, 2.24) is 35.6 Å². The highest BCUT2D eigenvalue weighted by Crippen LogP contribution is 2.13. The number of nitrogens with one attached hydrogen (secondary N) is 3. The van der Waals surface area contributed by atoms with Crippen molar-refractivity contribution in [3.63, 3.8) is 0 Å². The van der Waals surface area contributed by atoms with E-state index in [1.165, 1.54) is 0 Å². The molecule has 2 heterocycles. The molecule has 5 N–H and O–H groups in total. The van der Waals surface area contributed by atoms with Gasteiger partial charge in [0.25, 0.3) is 0 Å². The Hall–Kier alpha value is -3.09. The summed E-state index contributed by atoms with van der Waals surface area (Å²) >= 11 is 0. The summed E-state index contributed by atoms with van der Waals surface area (Å²) in [5, 5.41) is 28.7. The fourth-order valence-electron chi connectivity index (χ4n) is 2.16. The number of anilines is 1. The number of nitriles is 1. The van der Waals surface area contributed by atoms with E-state index in [2.05, 4.69) is 31.0 Å². The van der Waals surface area contributed by atoms with Gasteiger partial charge >= 0.3 is 6.03 Å². The lowest BCUT2D eigenvalue weighted by atomic mass is 10.1. The van der Waals surface area contributed by atoms with Gasteiger partial charge in [-0.05, 0) is 19.8 Å². The predicted octanol–water partition coefficient (Wildman–Crippen LogP) is -0.0149. The summed E-state index contributed by atoms with van der Waals surface area (Å²) in [5.41, 5.74) is 6.61. The maximum Gasteiger partial charge on any atom is 0.315 e. The van der Waals surface area contributed by atoms with Gasteiger partial charge in [0, 0.05) is 13.6 Å². The van der Waals surface area contributed by atoms with Crippen molar-refractivity contribution < 1.29 is 4.79 Å². The summed E-state index contributed by atoms with van der Waals surface area (Å²) < 4.78 is 1.75. The van der Waals surface area contributed by atoms with Crippen molar-refractivity contribution in [2.24, 2.45) is 7.05 Å². The molecule has 0 radical (unpaired) electrons. The third-order valence-electron chi connectivity index (χ3n) is 3.35. The molecule has 0 saturated carbocycles. The van der Waals surface area contributed by atoms with Crippen LogP contribution in [0.4, 0.5) is 10.6 Å². The second-order valence-corrected chi connectivity index (χ2v) is 5.10. The predicted molar refractivity (Wildman–Crippen MR) is 82.0 cm³/mol. The fourth-order valence-corrected chi connectivity index (χ4v) is 2.16. The number of amides is 2. The second kappa shape index (κ2) is 7.26. The van der Waals surface area contributed by atoms with E-state index in [1.807, 2.05) is 20.0 Å². The first-order valence-electron chi connectivity index (χ1n) is 7.14. The first-order valence-corrected chi connectivity index (χ1v) is 7.14. The summed E-state index contributed by atoms with van der Waals surface area (Å²) in [6, 6.07) is 1.47. The minimum Gasteiger partial charge on any atom is -0.381 e. The van der Waals surface area contributed by atoms with Gasteiger partial charge in [-0.15, -0.1) is 10.2 Å². The largest absolute Gasteiger partial charge is 0.381 e. The number of nitrogen functional groups attached to an aromatic ring is 1. The number of aromatic nitrogens is 5. The first-order chi connectivity index (χ1) is 11.0. The molecule has 122 valence electrons. The van der Waals surface area contributed by atoms with E-state index in [0.29, 0.717) is 36.5 Å². The lowest BCUT2D eigenvalue weighted by Crippen LogP contribution is -2.38. The van der Waals surface area contributed by atoms with Crippen LogP contribution >= 0.6 is 0 Å². The van der Waals surface area contributed by atoms with Gasteiger partial charge in [0.2, 0.25) is 0 Å². The summed E-state index contributed by atoms with van der Waals surface area (Å²) in [6.45, 7) is 2.29. The molecule has 0 spiro atoms. The average Bonchev–Trinajstić information content (AvgIpc) is 3.09. The molecule has 2 aromatic rings. The Bertz CT molecular complexity index is 711. The van der Waals surface area contributed by atoms with Crippen LogP contribution in [0.25, 0.3) is 0 Å². The molecular formula is C13H19N9O. The van der Waals surface area contributed by atoms with Crippen molar-refractivity contribution in [1.29, 1.82) is 5.26 Å². The number of aromatic amines is 1. The molecule has 0 aliphatic heterocycles. The number of nitrogens with two attached hydrogens (primary N) is 1. The van der Waals surface area contributed by atoms with Crippen molar-refractivity contribution in [2.75, 3.05) is 12.3 Å². The van der Waals surface area contributed by atoms with Crippen LogP contribution in [0.2, 0.25) is 0 Å². The van der Waals surface area contributed by atoms with E-state index in [-0.39, 0.29) is 17.9 Å².